The van der Waals surface area contributed by atoms with E-state index in [-0.39, 0.29) is 32.2 Å². The summed E-state index contributed by atoms with van der Waals surface area (Å²) in [5.74, 6) is -1.20. The molecule has 3 atom stereocenters. The fourth-order valence-electron chi connectivity index (χ4n) is 3.84. The Kier molecular flexibility index (Phi) is 23.3. The first-order valence-electron chi connectivity index (χ1n) is 14.0. The molecule has 0 aromatic carbocycles. The van der Waals surface area contributed by atoms with Gasteiger partial charge in [-0.2, -0.15) is 0 Å². The summed E-state index contributed by atoms with van der Waals surface area (Å²) in [6.45, 7) is 1.49. The molecule has 0 fully saturated rings. The Balaban J connectivity index is 3.63. The average molecular weight is 521 g/mol. The van der Waals surface area contributed by atoms with Gasteiger partial charge in [-0.1, -0.05) is 77.6 Å². The molecule has 0 aliphatic heterocycles. The Morgan fingerprint density at radius 2 is 1.08 bits per heavy atom. The maximum Gasteiger partial charge on any atom is 0.335 e. The molecule has 0 heterocycles. The number of hydrogen-bond donors (Lipinski definition) is 5. The van der Waals surface area contributed by atoms with Gasteiger partial charge in [0.2, 0.25) is 0 Å². The zero-order chi connectivity index (χ0) is 27.0. The lowest BCUT2D eigenvalue weighted by Crippen LogP contribution is -2.29. The van der Waals surface area contributed by atoms with E-state index in [1.54, 1.807) is 0 Å². The molecule has 9 heteroatoms. The lowest BCUT2D eigenvalue weighted by molar-refractivity contribution is -0.159. The Morgan fingerprint density at radius 1 is 0.583 bits per heavy atom. The van der Waals surface area contributed by atoms with E-state index in [0.29, 0.717) is 19.3 Å². The van der Waals surface area contributed by atoms with Crippen LogP contribution in [-0.4, -0.2) is 75.3 Å². The summed E-state index contributed by atoms with van der Waals surface area (Å²) >= 11 is 0. The topological polar surface area (TPSA) is 154 Å². The van der Waals surface area contributed by atoms with E-state index in [1.165, 1.54) is 0 Å². The van der Waals surface area contributed by atoms with Crippen LogP contribution in [0.15, 0.2) is 0 Å². The lowest BCUT2D eigenvalue weighted by Gasteiger charge is -2.14. The SMILES string of the molecule is CCCCC(O)CCCCCC(O)C(=O)OCC(O)COC(=O)CCCCCCCCCCC(O)O. The molecule has 214 valence electrons. The van der Waals surface area contributed by atoms with E-state index in [4.69, 9.17) is 19.7 Å². The first-order chi connectivity index (χ1) is 17.3. The minimum absolute atomic E-state index is 0.259. The molecule has 0 aromatic rings. The van der Waals surface area contributed by atoms with Crippen LogP contribution in [-0.2, 0) is 19.1 Å². The number of aliphatic hydroxyl groups is 5. The van der Waals surface area contributed by atoms with Crippen LogP contribution in [0.3, 0.4) is 0 Å². The highest BCUT2D eigenvalue weighted by Crippen LogP contribution is 2.13. The predicted octanol–water partition coefficient (Wildman–Crippen LogP) is 3.51. The highest BCUT2D eigenvalue weighted by molar-refractivity contribution is 5.74. The fourth-order valence-corrected chi connectivity index (χ4v) is 3.84. The van der Waals surface area contributed by atoms with Crippen molar-refractivity contribution in [3.05, 3.63) is 0 Å². The van der Waals surface area contributed by atoms with Crippen molar-refractivity contribution in [3.63, 3.8) is 0 Å². The van der Waals surface area contributed by atoms with Crippen molar-refractivity contribution in [2.24, 2.45) is 0 Å². The summed E-state index contributed by atoms with van der Waals surface area (Å²) in [6.07, 6.45) is 10.7. The summed E-state index contributed by atoms with van der Waals surface area (Å²) in [5.41, 5.74) is 0. The molecule has 0 saturated heterocycles. The molecule has 0 bridgehead atoms. The van der Waals surface area contributed by atoms with Gasteiger partial charge in [-0.3, -0.25) is 4.79 Å². The van der Waals surface area contributed by atoms with Crippen molar-refractivity contribution < 1.29 is 44.6 Å². The number of esters is 2. The van der Waals surface area contributed by atoms with Gasteiger partial charge in [0.15, 0.2) is 12.4 Å². The molecule has 0 saturated carbocycles. The third kappa shape index (κ3) is 23.2. The van der Waals surface area contributed by atoms with Gasteiger partial charge in [0, 0.05) is 6.42 Å². The molecule has 0 spiro atoms. The van der Waals surface area contributed by atoms with Gasteiger partial charge in [-0.25, -0.2) is 4.79 Å². The van der Waals surface area contributed by atoms with Crippen molar-refractivity contribution in [3.8, 4) is 0 Å². The second-order valence-corrected chi connectivity index (χ2v) is 9.76. The molecule has 5 N–H and O–H groups in total. The molecule has 0 amide bonds. The second kappa shape index (κ2) is 24.1. The smallest absolute Gasteiger partial charge is 0.335 e. The highest BCUT2D eigenvalue weighted by atomic mass is 16.6. The molecule has 0 rings (SSSR count). The van der Waals surface area contributed by atoms with Crippen molar-refractivity contribution in [2.75, 3.05) is 13.2 Å². The minimum atomic E-state index is -1.25. The van der Waals surface area contributed by atoms with Gasteiger partial charge in [0.25, 0.3) is 0 Å². The van der Waals surface area contributed by atoms with Gasteiger partial charge in [0.05, 0.1) is 6.10 Å². The van der Waals surface area contributed by atoms with Crippen molar-refractivity contribution >= 4 is 11.9 Å². The van der Waals surface area contributed by atoms with Crippen LogP contribution in [0.1, 0.15) is 122 Å². The fraction of sp³-hybridized carbons (Fsp3) is 0.926. The Labute approximate surface area is 217 Å². The van der Waals surface area contributed by atoms with Crippen LogP contribution >= 0.6 is 0 Å². The van der Waals surface area contributed by atoms with Gasteiger partial charge in [0.1, 0.15) is 19.3 Å². The number of hydrogen-bond acceptors (Lipinski definition) is 9. The molecular weight excluding hydrogens is 468 g/mol. The molecule has 0 aliphatic rings. The van der Waals surface area contributed by atoms with Gasteiger partial charge < -0.3 is 35.0 Å². The van der Waals surface area contributed by atoms with Crippen LogP contribution in [0, 0.1) is 0 Å². The van der Waals surface area contributed by atoms with Crippen LogP contribution in [0.25, 0.3) is 0 Å². The summed E-state index contributed by atoms with van der Waals surface area (Å²) in [7, 11) is 0. The van der Waals surface area contributed by atoms with Crippen molar-refractivity contribution in [2.45, 2.75) is 147 Å². The lowest BCUT2D eigenvalue weighted by atomic mass is 10.0. The van der Waals surface area contributed by atoms with Crippen LogP contribution in [0.4, 0.5) is 0 Å². The molecular formula is C27H52O9. The molecule has 36 heavy (non-hydrogen) atoms. The number of carbonyl (C=O) groups excluding carboxylic acids is 2. The van der Waals surface area contributed by atoms with Gasteiger partial charge >= 0.3 is 11.9 Å². The van der Waals surface area contributed by atoms with Crippen molar-refractivity contribution in [1.29, 1.82) is 0 Å². The molecule has 0 aliphatic carbocycles. The van der Waals surface area contributed by atoms with Crippen molar-refractivity contribution in [1.82, 2.24) is 0 Å². The van der Waals surface area contributed by atoms with E-state index < -0.39 is 30.4 Å². The molecule has 0 aromatic heterocycles. The summed E-state index contributed by atoms with van der Waals surface area (Å²) in [6, 6.07) is 0. The second-order valence-electron chi connectivity index (χ2n) is 9.76. The summed E-state index contributed by atoms with van der Waals surface area (Å²) < 4.78 is 9.93. The molecule has 3 unspecified atom stereocenters. The minimum Gasteiger partial charge on any atom is -0.463 e. The van der Waals surface area contributed by atoms with Gasteiger partial charge in [-0.15, -0.1) is 0 Å². The summed E-state index contributed by atoms with van der Waals surface area (Å²) in [5, 5.41) is 47.1. The first kappa shape index (κ1) is 34.7. The maximum absolute atomic E-state index is 11.9. The predicted molar refractivity (Wildman–Crippen MR) is 137 cm³/mol. The summed E-state index contributed by atoms with van der Waals surface area (Å²) in [4.78, 5) is 23.6. The normalized spacial score (nSPS) is 14.0. The average Bonchev–Trinajstić information content (AvgIpc) is 2.85. The third-order valence-electron chi connectivity index (χ3n) is 6.13. The number of unbranched alkanes of at least 4 members (excludes halogenated alkanes) is 10. The van der Waals surface area contributed by atoms with Crippen LogP contribution in [0.5, 0.6) is 0 Å². The Morgan fingerprint density at radius 3 is 1.72 bits per heavy atom. The zero-order valence-electron chi connectivity index (χ0n) is 22.3. The Bertz CT molecular complexity index is 527. The number of ether oxygens (including phenoxy) is 2. The Hall–Kier alpha value is -1.26. The van der Waals surface area contributed by atoms with Crippen LogP contribution < -0.4 is 0 Å². The quantitative estimate of drug-likeness (QED) is 0.0691. The van der Waals surface area contributed by atoms with Gasteiger partial charge in [-0.05, 0) is 38.5 Å². The third-order valence-corrected chi connectivity index (χ3v) is 6.13. The molecule has 0 radical (unpaired) electrons. The molecule has 9 nitrogen and oxygen atoms in total. The largest absolute Gasteiger partial charge is 0.463 e. The van der Waals surface area contributed by atoms with E-state index in [9.17, 15) is 24.9 Å². The van der Waals surface area contributed by atoms with E-state index in [1.807, 2.05) is 0 Å². The van der Waals surface area contributed by atoms with Crippen LogP contribution in [0.2, 0.25) is 0 Å². The first-order valence-corrected chi connectivity index (χ1v) is 14.0. The van der Waals surface area contributed by atoms with E-state index in [0.717, 1.165) is 83.5 Å². The van der Waals surface area contributed by atoms with E-state index >= 15 is 0 Å². The monoisotopic (exact) mass is 520 g/mol. The number of rotatable bonds is 25. The highest BCUT2D eigenvalue weighted by Gasteiger charge is 2.18. The number of aliphatic hydroxyl groups excluding tert-OH is 4. The number of carbonyl (C=O) groups is 2. The van der Waals surface area contributed by atoms with E-state index in [2.05, 4.69) is 6.92 Å². The maximum atomic E-state index is 11.9. The zero-order valence-corrected chi connectivity index (χ0v) is 22.3. The standard InChI is InChI=1S/C27H52O9/c1-2-3-15-22(28)16-11-10-12-17-24(30)27(34)36-21-23(29)20-35-26(33)19-14-9-7-5-4-6-8-13-18-25(31)32/h22-25,28-32H,2-21H2,1H3.